The van der Waals surface area contributed by atoms with Gasteiger partial charge in [0.2, 0.25) is 5.91 Å². The van der Waals surface area contributed by atoms with E-state index in [4.69, 9.17) is 0 Å². The molecule has 0 saturated carbocycles. The van der Waals surface area contributed by atoms with E-state index in [1.165, 1.54) is 22.3 Å². The van der Waals surface area contributed by atoms with Crippen LogP contribution >= 0.6 is 0 Å². The Hall–Kier alpha value is -2.13. The number of hydrogen-bond acceptors (Lipinski definition) is 2. The first-order valence-electron chi connectivity index (χ1n) is 8.50. The lowest BCUT2D eigenvalue weighted by Gasteiger charge is -2.22. The minimum atomic E-state index is 0.240. The molecule has 0 radical (unpaired) electrons. The molecule has 0 spiro atoms. The highest BCUT2D eigenvalue weighted by Gasteiger charge is 2.32. The van der Waals surface area contributed by atoms with Gasteiger partial charge in [0.15, 0.2) is 0 Å². The van der Waals surface area contributed by atoms with Crippen molar-refractivity contribution in [2.75, 3.05) is 13.1 Å². The predicted octanol–water partition coefficient (Wildman–Crippen LogP) is 3.36. The molecule has 4 rings (SSSR count). The summed E-state index contributed by atoms with van der Waals surface area (Å²) in [5, 5.41) is 3.81. The molecule has 0 bridgehead atoms. The molecule has 0 unspecified atom stereocenters. The molecule has 3 nitrogen and oxygen atoms in total. The van der Waals surface area contributed by atoms with Gasteiger partial charge in [0.05, 0.1) is 6.04 Å². The first-order chi connectivity index (χ1) is 11.3. The third-order valence-corrected chi connectivity index (χ3v) is 5.08. The van der Waals surface area contributed by atoms with Crippen LogP contribution in [0.4, 0.5) is 0 Å². The summed E-state index contributed by atoms with van der Waals surface area (Å²) < 4.78 is 0. The van der Waals surface area contributed by atoms with Gasteiger partial charge in [-0.05, 0) is 28.7 Å². The molecule has 1 heterocycles. The third kappa shape index (κ3) is 2.45. The lowest BCUT2D eigenvalue weighted by molar-refractivity contribution is -0.129. The Balaban J connectivity index is 1.59. The molecule has 3 heteroatoms. The zero-order valence-electron chi connectivity index (χ0n) is 13.5. The Morgan fingerprint density at radius 2 is 1.70 bits per heavy atom. The van der Waals surface area contributed by atoms with Gasteiger partial charge in [0.25, 0.3) is 0 Å². The number of rotatable bonds is 3. The van der Waals surface area contributed by atoms with Crippen LogP contribution in [0.25, 0.3) is 11.1 Å². The average Bonchev–Trinajstić information content (AvgIpc) is 3.19. The van der Waals surface area contributed by atoms with Crippen molar-refractivity contribution in [2.24, 2.45) is 0 Å². The van der Waals surface area contributed by atoms with Gasteiger partial charge in [0.1, 0.15) is 0 Å². The number of amides is 1. The van der Waals surface area contributed by atoms with Crippen LogP contribution in [0, 0.1) is 0 Å². The van der Waals surface area contributed by atoms with Crippen molar-refractivity contribution in [1.82, 2.24) is 10.2 Å². The Morgan fingerprint density at radius 1 is 1.09 bits per heavy atom. The normalized spacial score (nSPS) is 19.7. The Kier molecular flexibility index (Phi) is 3.66. The first kappa shape index (κ1) is 14.5. The number of carbonyl (C=O) groups is 1. The molecule has 1 aliphatic carbocycles. The summed E-state index contributed by atoms with van der Waals surface area (Å²) in [6.45, 7) is 3.64. The van der Waals surface area contributed by atoms with E-state index in [1.807, 2.05) is 11.8 Å². The van der Waals surface area contributed by atoms with Crippen molar-refractivity contribution in [3.8, 4) is 11.1 Å². The molecule has 1 aliphatic heterocycles. The number of likely N-dealkylation sites (tertiary alicyclic amines) is 1. The second-order valence-electron chi connectivity index (χ2n) is 6.45. The Morgan fingerprint density at radius 3 is 2.30 bits per heavy atom. The maximum atomic E-state index is 11.9. The van der Waals surface area contributed by atoms with Crippen molar-refractivity contribution >= 4 is 5.91 Å². The summed E-state index contributed by atoms with van der Waals surface area (Å²) in [5.74, 6) is 0.265. The Bertz CT molecular complexity index is 694. The lowest BCUT2D eigenvalue weighted by Crippen LogP contribution is -2.36. The van der Waals surface area contributed by atoms with E-state index in [0.29, 0.717) is 12.5 Å². The molecule has 1 fully saturated rings. The minimum absolute atomic E-state index is 0.240. The van der Waals surface area contributed by atoms with Crippen LogP contribution in [0.1, 0.15) is 36.9 Å². The van der Waals surface area contributed by atoms with Crippen LogP contribution in [0.3, 0.4) is 0 Å². The molecular weight excluding hydrogens is 284 g/mol. The monoisotopic (exact) mass is 306 g/mol. The zero-order chi connectivity index (χ0) is 15.8. The van der Waals surface area contributed by atoms with E-state index in [2.05, 4.69) is 53.8 Å². The SMILES string of the molecule is CCC(=O)N1CC[C@H](NC2c3ccccc3-c3ccccc32)C1. The van der Waals surface area contributed by atoms with Gasteiger partial charge >= 0.3 is 0 Å². The number of hydrogen-bond donors (Lipinski definition) is 1. The number of fused-ring (bicyclic) bond motifs is 3. The van der Waals surface area contributed by atoms with Crippen molar-refractivity contribution in [2.45, 2.75) is 31.8 Å². The Labute approximate surface area is 137 Å². The number of nitrogens with one attached hydrogen (secondary N) is 1. The van der Waals surface area contributed by atoms with Crippen LogP contribution in [-0.4, -0.2) is 29.9 Å². The van der Waals surface area contributed by atoms with E-state index in [9.17, 15) is 4.79 Å². The molecule has 0 aromatic heterocycles. The highest BCUT2D eigenvalue weighted by Crippen LogP contribution is 2.43. The van der Waals surface area contributed by atoms with Gasteiger partial charge in [-0.15, -0.1) is 0 Å². The minimum Gasteiger partial charge on any atom is -0.341 e. The summed E-state index contributed by atoms with van der Waals surface area (Å²) in [7, 11) is 0. The molecule has 2 aromatic rings. The fourth-order valence-electron chi connectivity index (χ4n) is 3.92. The summed E-state index contributed by atoms with van der Waals surface area (Å²) in [5.41, 5.74) is 5.38. The second-order valence-corrected chi connectivity index (χ2v) is 6.45. The van der Waals surface area contributed by atoms with Gasteiger partial charge in [-0.25, -0.2) is 0 Å². The van der Waals surface area contributed by atoms with E-state index in [0.717, 1.165) is 19.5 Å². The number of nitrogens with zero attached hydrogens (tertiary/aromatic N) is 1. The van der Waals surface area contributed by atoms with Crippen LogP contribution in [0.5, 0.6) is 0 Å². The molecule has 1 N–H and O–H groups in total. The van der Waals surface area contributed by atoms with E-state index in [1.54, 1.807) is 0 Å². The van der Waals surface area contributed by atoms with Crippen molar-refractivity contribution in [1.29, 1.82) is 0 Å². The van der Waals surface area contributed by atoms with Gasteiger partial charge in [0, 0.05) is 25.6 Å². The predicted molar refractivity (Wildman–Crippen MR) is 92.1 cm³/mol. The fourth-order valence-corrected chi connectivity index (χ4v) is 3.92. The fraction of sp³-hybridized carbons (Fsp3) is 0.350. The molecule has 1 amide bonds. The van der Waals surface area contributed by atoms with E-state index < -0.39 is 0 Å². The molecule has 2 aliphatic rings. The largest absolute Gasteiger partial charge is 0.341 e. The second kappa shape index (κ2) is 5.82. The highest BCUT2D eigenvalue weighted by molar-refractivity contribution is 5.78. The molecule has 2 aromatic carbocycles. The van der Waals surface area contributed by atoms with Gasteiger partial charge in [-0.1, -0.05) is 55.5 Å². The number of benzene rings is 2. The highest BCUT2D eigenvalue weighted by atomic mass is 16.2. The van der Waals surface area contributed by atoms with Crippen LogP contribution in [0.15, 0.2) is 48.5 Å². The standard InChI is InChI=1S/C20H22N2O/c1-2-19(23)22-12-11-14(13-22)21-20-17-9-5-3-7-15(17)16-8-4-6-10-18(16)20/h3-10,14,20-21H,2,11-13H2,1H3/t14-/m0/s1. The molecule has 1 atom stereocenters. The average molecular weight is 306 g/mol. The topological polar surface area (TPSA) is 32.3 Å². The van der Waals surface area contributed by atoms with Crippen LogP contribution < -0.4 is 5.32 Å². The quantitative estimate of drug-likeness (QED) is 0.943. The third-order valence-electron chi connectivity index (χ3n) is 5.08. The lowest BCUT2D eigenvalue weighted by atomic mass is 10.0. The van der Waals surface area contributed by atoms with Crippen molar-refractivity contribution in [3.63, 3.8) is 0 Å². The maximum absolute atomic E-state index is 11.9. The molecule has 23 heavy (non-hydrogen) atoms. The molecular formula is C20H22N2O. The molecule has 1 saturated heterocycles. The summed E-state index contributed by atoms with van der Waals surface area (Å²) >= 11 is 0. The van der Waals surface area contributed by atoms with E-state index in [-0.39, 0.29) is 11.9 Å². The number of carbonyl (C=O) groups excluding carboxylic acids is 1. The molecule has 118 valence electrons. The van der Waals surface area contributed by atoms with E-state index >= 15 is 0 Å². The van der Waals surface area contributed by atoms with Gasteiger partial charge in [-0.3, -0.25) is 4.79 Å². The maximum Gasteiger partial charge on any atom is 0.222 e. The summed E-state index contributed by atoms with van der Waals surface area (Å²) in [4.78, 5) is 13.9. The van der Waals surface area contributed by atoms with Crippen LogP contribution in [-0.2, 0) is 4.79 Å². The summed E-state index contributed by atoms with van der Waals surface area (Å²) in [6.07, 6.45) is 1.63. The van der Waals surface area contributed by atoms with Crippen molar-refractivity contribution < 1.29 is 4.79 Å². The smallest absolute Gasteiger partial charge is 0.222 e. The zero-order valence-corrected chi connectivity index (χ0v) is 13.5. The first-order valence-corrected chi connectivity index (χ1v) is 8.50. The van der Waals surface area contributed by atoms with Gasteiger partial charge < -0.3 is 10.2 Å². The van der Waals surface area contributed by atoms with Gasteiger partial charge in [-0.2, -0.15) is 0 Å². The summed E-state index contributed by atoms with van der Waals surface area (Å²) in [6, 6.07) is 17.9. The van der Waals surface area contributed by atoms with Crippen LogP contribution in [0.2, 0.25) is 0 Å². The van der Waals surface area contributed by atoms with Crippen molar-refractivity contribution in [3.05, 3.63) is 59.7 Å².